The van der Waals surface area contributed by atoms with Gasteiger partial charge in [0.05, 0.1) is 11.9 Å². The lowest BCUT2D eigenvalue weighted by Crippen LogP contribution is -2.32. The molecule has 0 aliphatic carbocycles. The third-order valence-electron chi connectivity index (χ3n) is 3.72. The number of carbonyl (C=O) groups excluding carboxylic acids is 1. The Bertz CT molecular complexity index is 644. The van der Waals surface area contributed by atoms with E-state index in [-0.39, 0.29) is 6.09 Å². The van der Waals surface area contributed by atoms with Crippen LogP contribution in [0.15, 0.2) is 36.5 Å². The third kappa shape index (κ3) is 7.42. The van der Waals surface area contributed by atoms with Gasteiger partial charge in [-0.05, 0) is 39.2 Å². The van der Waals surface area contributed by atoms with Crippen LogP contribution in [0.1, 0.15) is 52.3 Å². The molecule has 0 radical (unpaired) electrons. The molecule has 0 saturated carbocycles. The monoisotopic (exact) mass is 343 g/mol. The summed E-state index contributed by atoms with van der Waals surface area (Å²) in [6.45, 7) is 6.26. The van der Waals surface area contributed by atoms with Crippen LogP contribution in [0.5, 0.6) is 0 Å². The van der Waals surface area contributed by atoms with E-state index >= 15 is 0 Å². The van der Waals surface area contributed by atoms with Crippen molar-refractivity contribution in [3.05, 3.63) is 42.4 Å². The highest BCUT2D eigenvalue weighted by Crippen LogP contribution is 2.17. The smallest absolute Gasteiger partial charge is 0.407 e. The van der Waals surface area contributed by atoms with E-state index in [0.717, 1.165) is 49.2 Å². The number of unbranched alkanes of at least 4 members (excludes halogenated alkanes) is 3. The first-order valence-corrected chi connectivity index (χ1v) is 9.00. The highest BCUT2D eigenvalue weighted by molar-refractivity contribution is 5.67. The summed E-state index contributed by atoms with van der Waals surface area (Å²) in [7, 11) is 0. The molecule has 0 bridgehead atoms. The lowest BCUT2D eigenvalue weighted by atomic mass is 10.1. The number of nitrogens with one attached hydrogen (secondary N) is 2. The fourth-order valence-electron chi connectivity index (χ4n) is 2.53. The number of imidazole rings is 1. The zero-order valence-corrected chi connectivity index (χ0v) is 15.5. The minimum Gasteiger partial charge on any atom is -0.444 e. The number of H-pyrrole nitrogens is 1. The Balaban J connectivity index is 1.57. The second-order valence-electron chi connectivity index (χ2n) is 7.20. The van der Waals surface area contributed by atoms with Gasteiger partial charge in [0.2, 0.25) is 0 Å². The van der Waals surface area contributed by atoms with Crippen LogP contribution in [0.2, 0.25) is 0 Å². The number of hydrogen-bond donors (Lipinski definition) is 2. The zero-order valence-electron chi connectivity index (χ0n) is 15.5. The Morgan fingerprint density at radius 2 is 1.84 bits per heavy atom. The van der Waals surface area contributed by atoms with E-state index in [1.165, 1.54) is 0 Å². The highest BCUT2D eigenvalue weighted by Gasteiger charge is 2.15. The van der Waals surface area contributed by atoms with Gasteiger partial charge in [0, 0.05) is 13.0 Å². The topological polar surface area (TPSA) is 67.0 Å². The van der Waals surface area contributed by atoms with Gasteiger partial charge in [0.1, 0.15) is 11.4 Å². The number of alkyl carbamates (subject to hydrolysis) is 1. The Morgan fingerprint density at radius 3 is 2.56 bits per heavy atom. The van der Waals surface area contributed by atoms with Crippen molar-refractivity contribution in [2.45, 2.75) is 58.5 Å². The van der Waals surface area contributed by atoms with Crippen LogP contribution < -0.4 is 5.32 Å². The molecule has 1 aromatic heterocycles. The lowest BCUT2D eigenvalue weighted by molar-refractivity contribution is 0.0527. The Morgan fingerprint density at radius 1 is 1.12 bits per heavy atom. The molecule has 0 spiro atoms. The van der Waals surface area contributed by atoms with Crippen LogP contribution in [0.4, 0.5) is 4.79 Å². The van der Waals surface area contributed by atoms with Crippen LogP contribution in [-0.2, 0) is 11.2 Å². The standard InChI is InChI=1S/C20H29N3O2/c1-20(2,3)25-19(24)21-14-10-5-4-9-13-18-22-15-17(23-18)16-11-7-6-8-12-16/h6-8,11-12,15H,4-5,9-10,13-14H2,1-3H3,(H,21,24)(H,22,23). The molecule has 0 saturated heterocycles. The largest absolute Gasteiger partial charge is 0.444 e. The number of benzene rings is 1. The summed E-state index contributed by atoms with van der Waals surface area (Å²) < 4.78 is 5.20. The van der Waals surface area contributed by atoms with Gasteiger partial charge >= 0.3 is 6.09 Å². The van der Waals surface area contributed by atoms with Gasteiger partial charge in [0.25, 0.3) is 0 Å². The van der Waals surface area contributed by atoms with Gasteiger partial charge in [-0.25, -0.2) is 9.78 Å². The Kier molecular flexibility index (Phi) is 7.04. The molecule has 0 unspecified atom stereocenters. The number of aryl methyl sites for hydroxylation is 1. The number of hydrogen-bond acceptors (Lipinski definition) is 3. The minimum absolute atomic E-state index is 0.337. The van der Waals surface area contributed by atoms with Crippen molar-refractivity contribution in [1.29, 1.82) is 0 Å². The van der Waals surface area contributed by atoms with E-state index in [9.17, 15) is 4.79 Å². The van der Waals surface area contributed by atoms with Gasteiger partial charge in [-0.3, -0.25) is 0 Å². The second kappa shape index (κ2) is 9.25. The summed E-state index contributed by atoms with van der Waals surface area (Å²) in [5, 5.41) is 2.79. The maximum absolute atomic E-state index is 11.5. The average molecular weight is 343 g/mol. The molecule has 1 amide bonds. The van der Waals surface area contributed by atoms with Crippen molar-refractivity contribution >= 4 is 6.09 Å². The average Bonchev–Trinajstić information content (AvgIpc) is 3.02. The van der Waals surface area contributed by atoms with E-state index in [2.05, 4.69) is 27.4 Å². The van der Waals surface area contributed by atoms with Gasteiger partial charge in [-0.1, -0.05) is 43.2 Å². The minimum atomic E-state index is -0.439. The predicted molar refractivity (Wildman–Crippen MR) is 100 cm³/mol. The number of carbonyl (C=O) groups is 1. The summed E-state index contributed by atoms with van der Waals surface area (Å²) in [5.74, 6) is 1.03. The molecule has 0 atom stereocenters. The van der Waals surface area contributed by atoms with Gasteiger partial charge in [-0.2, -0.15) is 0 Å². The number of aromatic nitrogens is 2. The first-order valence-electron chi connectivity index (χ1n) is 9.00. The fourth-order valence-corrected chi connectivity index (χ4v) is 2.53. The summed E-state index contributed by atoms with van der Waals surface area (Å²) in [5.41, 5.74) is 1.79. The molecule has 2 N–H and O–H groups in total. The zero-order chi connectivity index (χ0) is 18.1. The number of amides is 1. The van der Waals surface area contributed by atoms with Crippen LogP contribution >= 0.6 is 0 Å². The molecule has 0 aliphatic rings. The van der Waals surface area contributed by atoms with Crippen molar-refractivity contribution in [3.8, 4) is 11.3 Å². The van der Waals surface area contributed by atoms with E-state index in [1.54, 1.807) is 0 Å². The molecular weight excluding hydrogens is 314 g/mol. The summed E-state index contributed by atoms with van der Waals surface area (Å²) in [6, 6.07) is 10.2. The summed E-state index contributed by atoms with van der Waals surface area (Å²) in [4.78, 5) is 19.3. The van der Waals surface area contributed by atoms with Crippen LogP contribution in [0.3, 0.4) is 0 Å². The van der Waals surface area contributed by atoms with E-state index in [0.29, 0.717) is 6.54 Å². The first kappa shape index (κ1) is 19.0. The molecule has 0 aliphatic heterocycles. The van der Waals surface area contributed by atoms with Crippen molar-refractivity contribution in [2.24, 2.45) is 0 Å². The van der Waals surface area contributed by atoms with Crippen molar-refractivity contribution in [2.75, 3.05) is 6.54 Å². The summed E-state index contributed by atoms with van der Waals surface area (Å²) in [6.07, 6.45) is 6.78. The second-order valence-corrected chi connectivity index (χ2v) is 7.20. The number of rotatable bonds is 8. The highest BCUT2D eigenvalue weighted by atomic mass is 16.6. The number of ether oxygens (including phenoxy) is 1. The molecule has 25 heavy (non-hydrogen) atoms. The first-order chi connectivity index (χ1) is 11.9. The van der Waals surface area contributed by atoms with Gasteiger partial charge in [-0.15, -0.1) is 0 Å². The fraction of sp³-hybridized carbons (Fsp3) is 0.500. The molecule has 2 aromatic rings. The van der Waals surface area contributed by atoms with E-state index < -0.39 is 5.60 Å². The molecule has 5 heteroatoms. The maximum atomic E-state index is 11.5. The lowest BCUT2D eigenvalue weighted by Gasteiger charge is -2.19. The Hall–Kier alpha value is -2.30. The Labute approximate surface area is 150 Å². The summed E-state index contributed by atoms with van der Waals surface area (Å²) >= 11 is 0. The van der Waals surface area contributed by atoms with Gasteiger partial charge < -0.3 is 15.0 Å². The van der Waals surface area contributed by atoms with E-state index in [4.69, 9.17) is 4.74 Å². The number of aromatic amines is 1. The number of nitrogens with zero attached hydrogens (tertiary/aromatic N) is 1. The van der Waals surface area contributed by atoms with E-state index in [1.807, 2.05) is 45.2 Å². The quantitative estimate of drug-likeness (QED) is 0.682. The molecule has 2 rings (SSSR count). The van der Waals surface area contributed by atoms with Crippen LogP contribution in [0, 0.1) is 0 Å². The normalized spacial score (nSPS) is 11.3. The van der Waals surface area contributed by atoms with Crippen LogP contribution in [-0.4, -0.2) is 28.2 Å². The van der Waals surface area contributed by atoms with Crippen molar-refractivity contribution in [3.63, 3.8) is 0 Å². The molecule has 0 fully saturated rings. The predicted octanol–water partition coefficient (Wildman–Crippen LogP) is 4.70. The molecular formula is C20H29N3O2. The molecule has 5 nitrogen and oxygen atoms in total. The third-order valence-corrected chi connectivity index (χ3v) is 3.72. The van der Waals surface area contributed by atoms with Crippen LogP contribution in [0.25, 0.3) is 11.3 Å². The maximum Gasteiger partial charge on any atom is 0.407 e. The molecule has 1 aromatic carbocycles. The SMILES string of the molecule is CC(C)(C)OC(=O)NCCCCCCc1ncc(-c2ccccc2)[nH]1. The van der Waals surface area contributed by atoms with Gasteiger partial charge in [0.15, 0.2) is 0 Å². The molecule has 1 heterocycles. The molecule has 136 valence electrons. The van der Waals surface area contributed by atoms with Crippen molar-refractivity contribution in [1.82, 2.24) is 15.3 Å². The van der Waals surface area contributed by atoms with Crippen molar-refractivity contribution < 1.29 is 9.53 Å².